The van der Waals surface area contributed by atoms with Gasteiger partial charge < -0.3 is 4.90 Å². The molecule has 0 amide bonds. The first kappa shape index (κ1) is 12.0. The van der Waals surface area contributed by atoms with Gasteiger partial charge in [-0.2, -0.15) is 0 Å². The molecule has 0 aliphatic heterocycles. The van der Waals surface area contributed by atoms with Crippen LogP contribution < -0.4 is 4.90 Å². The molecule has 0 saturated heterocycles. The first-order valence-electron chi connectivity index (χ1n) is 5.40. The van der Waals surface area contributed by atoms with Crippen molar-refractivity contribution in [3.8, 4) is 0 Å². The predicted molar refractivity (Wildman–Crippen MR) is 73.0 cm³/mol. The number of hydrogen-bond donors (Lipinski definition) is 0. The van der Waals surface area contributed by atoms with Crippen LogP contribution in [0.3, 0.4) is 0 Å². The Labute approximate surface area is 110 Å². The normalized spacial score (nSPS) is 10.3. The molecular weight excluding hydrogens is 278 g/mol. The Morgan fingerprint density at radius 1 is 1.29 bits per heavy atom. The predicted octanol–water partition coefficient (Wildman–Crippen LogP) is 3.18. The highest BCUT2D eigenvalue weighted by Gasteiger charge is 2.05. The fourth-order valence-electron chi connectivity index (χ4n) is 1.59. The maximum Gasteiger partial charge on any atom is 0.128 e. The Balaban J connectivity index is 2.14. The number of anilines is 1. The van der Waals surface area contributed by atoms with Crippen molar-refractivity contribution >= 4 is 21.7 Å². The Kier molecular flexibility index (Phi) is 3.74. The Morgan fingerprint density at radius 3 is 2.76 bits per heavy atom. The van der Waals surface area contributed by atoms with Crippen molar-refractivity contribution in [3.63, 3.8) is 0 Å². The minimum absolute atomic E-state index is 0.807. The standard InChI is InChI=1S/C13H14BrN3/c1-10-12(14)5-6-13(16-10)17(2)9-11-4-3-7-15-8-11/h3-8H,9H2,1-2H3. The highest BCUT2D eigenvalue weighted by atomic mass is 79.9. The topological polar surface area (TPSA) is 29.0 Å². The Hall–Kier alpha value is -1.42. The van der Waals surface area contributed by atoms with E-state index in [1.807, 2.05) is 38.4 Å². The van der Waals surface area contributed by atoms with Crippen LogP contribution in [0.25, 0.3) is 0 Å². The van der Waals surface area contributed by atoms with Gasteiger partial charge in [0.15, 0.2) is 0 Å². The molecule has 0 atom stereocenters. The van der Waals surface area contributed by atoms with E-state index in [4.69, 9.17) is 0 Å². The molecule has 0 aliphatic rings. The molecule has 4 heteroatoms. The lowest BCUT2D eigenvalue weighted by atomic mass is 10.2. The zero-order valence-corrected chi connectivity index (χ0v) is 11.5. The molecule has 2 aromatic rings. The maximum atomic E-state index is 4.53. The number of nitrogens with zero attached hydrogens (tertiary/aromatic N) is 3. The van der Waals surface area contributed by atoms with E-state index >= 15 is 0 Å². The lowest BCUT2D eigenvalue weighted by Crippen LogP contribution is -2.18. The van der Waals surface area contributed by atoms with Crippen LogP contribution in [-0.2, 0) is 6.54 Å². The zero-order valence-electron chi connectivity index (χ0n) is 9.89. The van der Waals surface area contributed by atoms with Crippen LogP contribution in [-0.4, -0.2) is 17.0 Å². The van der Waals surface area contributed by atoms with E-state index in [0.29, 0.717) is 0 Å². The molecule has 88 valence electrons. The Morgan fingerprint density at radius 2 is 2.12 bits per heavy atom. The molecule has 0 N–H and O–H groups in total. The van der Waals surface area contributed by atoms with E-state index in [1.165, 1.54) is 5.56 Å². The maximum absolute atomic E-state index is 4.53. The van der Waals surface area contributed by atoms with Gasteiger partial charge >= 0.3 is 0 Å². The summed E-state index contributed by atoms with van der Waals surface area (Å²) in [7, 11) is 2.03. The number of aromatic nitrogens is 2. The molecule has 0 radical (unpaired) electrons. The first-order valence-corrected chi connectivity index (χ1v) is 6.19. The SMILES string of the molecule is Cc1nc(N(C)Cc2cccnc2)ccc1Br. The van der Waals surface area contributed by atoms with Crippen molar-refractivity contribution < 1.29 is 0 Å². The summed E-state index contributed by atoms with van der Waals surface area (Å²) in [5.41, 5.74) is 2.18. The average Bonchev–Trinajstić information content (AvgIpc) is 2.34. The van der Waals surface area contributed by atoms with Crippen LogP contribution in [0, 0.1) is 6.92 Å². The molecule has 3 nitrogen and oxygen atoms in total. The summed E-state index contributed by atoms with van der Waals surface area (Å²) in [5, 5.41) is 0. The van der Waals surface area contributed by atoms with Gasteiger partial charge in [-0.25, -0.2) is 4.98 Å². The smallest absolute Gasteiger partial charge is 0.128 e. The molecule has 2 heterocycles. The van der Waals surface area contributed by atoms with E-state index in [-0.39, 0.29) is 0 Å². The molecular formula is C13H14BrN3. The van der Waals surface area contributed by atoms with Crippen LogP contribution in [0.2, 0.25) is 0 Å². The number of pyridine rings is 2. The molecule has 0 aliphatic carbocycles. The second-order valence-corrected chi connectivity index (χ2v) is 4.81. The highest BCUT2D eigenvalue weighted by Crippen LogP contribution is 2.19. The monoisotopic (exact) mass is 291 g/mol. The second kappa shape index (κ2) is 5.27. The zero-order chi connectivity index (χ0) is 12.3. The third-order valence-corrected chi connectivity index (χ3v) is 3.38. The molecule has 0 bridgehead atoms. The Bertz CT molecular complexity index is 499. The van der Waals surface area contributed by atoms with Crippen molar-refractivity contribution in [2.45, 2.75) is 13.5 Å². The molecule has 17 heavy (non-hydrogen) atoms. The van der Waals surface area contributed by atoms with E-state index < -0.39 is 0 Å². The van der Waals surface area contributed by atoms with Crippen LogP contribution in [0.1, 0.15) is 11.3 Å². The molecule has 0 unspecified atom stereocenters. The van der Waals surface area contributed by atoms with Gasteiger partial charge in [-0.05, 0) is 46.6 Å². The van der Waals surface area contributed by atoms with E-state index in [9.17, 15) is 0 Å². The summed E-state index contributed by atoms with van der Waals surface area (Å²) in [6.07, 6.45) is 3.66. The molecule has 2 aromatic heterocycles. The lowest BCUT2D eigenvalue weighted by Gasteiger charge is -2.18. The van der Waals surface area contributed by atoms with Crippen LogP contribution >= 0.6 is 15.9 Å². The van der Waals surface area contributed by atoms with E-state index in [2.05, 4.69) is 36.9 Å². The van der Waals surface area contributed by atoms with E-state index in [0.717, 1.165) is 22.5 Å². The third kappa shape index (κ3) is 3.03. The van der Waals surface area contributed by atoms with E-state index in [1.54, 1.807) is 6.20 Å². The summed E-state index contributed by atoms with van der Waals surface area (Å²) < 4.78 is 1.04. The lowest BCUT2D eigenvalue weighted by molar-refractivity contribution is 0.885. The molecule has 2 rings (SSSR count). The first-order chi connectivity index (χ1) is 8.16. The van der Waals surface area contributed by atoms with Gasteiger partial charge in [0.25, 0.3) is 0 Å². The summed E-state index contributed by atoms with van der Waals surface area (Å²) >= 11 is 3.45. The summed E-state index contributed by atoms with van der Waals surface area (Å²) in [6, 6.07) is 8.05. The quantitative estimate of drug-likeness (QED) is 0.870. The van der Waals surface area contributed by atoms with Crippen molar-refractivity contribution in [1.82, 2.24) is 9.97 Å². The van der Waals surface area contributed by atoms with Crippen LogP contribution in [0.5, 0.6) is 0 Å². The largest absolute Gasteiger partial charge is 0.355 e. The minimum Gasteiger partial charge on any atom is -0.355 e. The molecule has 0 saturated carbocycles. The van der Waals surface area contributed by atoms with Crippen molar-refractivity contribution in [3.05, 3.63) is 52.4 Å². The number of rotatable bonds is 3. The molecule has 0 fully saturated rings. The molecule has 0 spiro atoms. The summed E-state index contributed by atoms with van der Waals surface area (Å²) in [5.74, 6) is 0.967. The van der Waals surface area contributed by atoms with Gasteiger partial charge in [-0.15, -0.1) is 0 Å². The van der Waals surface area contributed by atoms with Gasteiger partial charge in [-0.3, -0.25) is 4.98 Å². The van der Waals surface area contributed by atoms with Gasteiger partial charge in [0.05, 0.1) is 5.69 Å². The van der Waals surface area contributed by atoms with Gasteiger partial charge in [0.1, 0.15) is 5.82 Å². The van der Waals surface area contributed by atoms with Gasteiger partial charge in [0, 0.05) is 30.5 Å². The van der Waals surface area contributed by atoms with Gasteiger partial charge in [-0.1, -0.05) is 6.07 Å². The van der Waals surface area contributed by atoms with Gasteiger partial charge in [0.2, 0.25) is 0 Å². The summed E-state index contributed by atoms with van der Waals surface area (Å²) in [4.78, 5) is 10.7. The fraction of sp³-hybridized carbons (Fsp3) is 0.231. The highest BCUT2D eigenvalue weighted by molar-refractivity contribution is 9.10. The average molecular weight is 292 g/mol. The van der Waals surface area contributed by atoms with Crippen LogP contribution in [0.4, 0.5) is 5.82 Å². The summed E-state index contributed by atoms with van der Waals surface area (Å²) in [6.45, 7) is 2.80. The third-order valence-electron chi connectivity index (χ3n) is 2.54. The number of aryl methyl sites for hydroxylation is 1. The fourth-order valence-corrected chi connectivity index (χ4v) is 1.81. The minimum atomic E-state index is 0.807. The number of hydrogen-bond acceptors (Lipinski definition) is 3. The molecule has 0 aromatic carbocycles. The van der Waals surface area contributed by atoms with Crippen molar-refractivity contribution in [1.29, 1.82) is 0 Å². The van der Waals surface area contributed by atoms with Crippen molar-refractivity contribution in [2.75, 3.05) is 11.9 Å². The number of halogens is 1. The van der Waals surface area contributed by atoms with Crippen LogP contribution in [0.15, 0.2) is 41.1 Å². The van der Waals surface area contributed by atoms with Crippen molar-refractivity contribution in [2.24, 2.45) is 0 Å². The second-order valence-electron chi connectivity index (χ2n) is 3.95.